The Morgan fingerprint density at radius 2 is 1.96 bits per heavy atom. The van der Waals surface area contributed by atoms with Gasteiger partial charge in [0.2, 0.25) is 5.69 Å². The van der Waals surface area contributed by atoms with Gasteiger partial charge in [-0.3, -0.25) is 9.52 Å². The van der Waals surface area contributed by atoms with Crippen LogP contribution in [0.2, 0.25) is 0 Å². The molecule has 0 bridgehead atoms. The van der Waals surface area contributed by atoms with Crippen molar-refractivity contribution < 1.29 is 13.2 Å². The van der Waals surface area contributed by atoms with E-state index in [1.54, 1.807) is 24.4 Å². The minimum Gasteiger partial charge on any atom is -0.370 e. The molecule has 0 spiro atoms. The molecular formula is C20H20N4O3S. The van der Waals surface area contributed by atoms with Gasteiger partial charge in [0.1, 0.15) is 0 Å². The number of carbonyl (C=O) groups is 1. The number of hydrogen-bond donors (Lipinski definition) is 3. The van der Waals surface area contributed by atoms with Crippen LogP contribution in [0.25, 0.3) is 15.7 Å². The van der Waals surface area contributed by atoms with Crippen LogP contribution in [0.1, 0.15) is 29.8 Å². The monoisotopic (exact) mass is 396 g/mol. The van der Waals surface area contributed by atoms with Crippen molar-refractivity contribution in [1.82, 2.24) is 10.3 Å². The van der Waals surface area contributed by atoms with E-state index in [1.165, 1.54) is 18.2 Å². The van der Waals surface area contributed by atoms with Gasteiger partial charge in [-0.1, -0.05) is 17.7 Å². The normalized spacial score (nSPS) is 11.4. The van der Waals surface area contributed by atoms with Gasteiger partial charge in [-0.25, -0.2) is 13.3 Å². The first kappa shape index (κ1) is 19.5. The van der Waals surface area contributed by atoms with Crippen LogP contribution in [-0.2, 0) is 10.0 Å². The summed E-state index contributed by atoms with van der Waals surface area (Å²) in [5, 5.41) is 3.42. The Hall–Kier alpha value is -3.31. The number of nitrogens with one attached hydrogen (secondary N) is 3. The molecule has 28 heavy (non-hydrogen) atoms. The van der Waals surface area contributed by atoms with E-state index in [0.29, 0.717) is 22.3 Å². The summed E-state index contributed by atoms with van der Waals surface area (Å²) in [7, 11) is -3.93. The van der Waals surface area contributed by atoms with Crippen LogP contribution in [0.5, 0.6) is 0 Å². The predicted molar refractivity (Wildman–Crippen MR) is 109 cm³/mol. The highest BCUT2D eigenvalue weighted by molar-refractivity contribution is 7.92. The highest BCUT2D eigenvalue weighted by atomic mass is 32.2. The fourth-order valence-corrected chi connectivity index (χ4v) is 4.04. The summed E-state index contributed by atoms with van der Waals surface area (Å²) >= 11 is 0. The number of carbonyl (C=O) groups excluding carboxylic acids is 1. The lowest BCUT2D eigenvalue weighted by Gasteiger charge is -2.12. The van der Waals surface area contributed by atoms with E-state index in [9.17, 15) is 13.2 Å². The second-order valence-corrected chi connectivity index (χ2v) is 8.41. The standard InChI is InChI=1S/C20H20N4O3S/c1-12(2)23-20(25)14-6-5-7-15(10-14)28(26,27)24-16-9-8-13(3)18-17(21-4)11-22-19(16)18/h5-12,22,24H,1-3H3,(H,23,25). The number of sulfonamides is 1. The maximum absolute atomic E-state index is 12.9. The Morgan fingerprint density at radius 1 is 1.21 bits per heavy atom. The van der Waals surface area contributed by atoms with E-state index in [4.69, 9.17) is 6.57 Å². The van der Waals surface area contributed by atoms with Crippen LogP contribution in [0.15, 0.2) is 47.5 Å². The third-order valence-electron chi connectivity index (χ3n) is 4.21. The first-order chi connectivity index (χ1) is 13.2. The number of hydrogen-bond acceptors (Lipinski definition) is 3. The number of aromatic amines is 1. The molecule has 8 heteroatoms. The molecule has 1 heterocycles. The molecule has 0 saturated heterocycles. The van der Waals surface area contributed by atoms with Crippen molar-refractivity contribution in [2.24, 2.45) is 0 Å². The van der Waals surface area contributed by atoms with Crippen molar-refractivity contribution in [3.63, 3.8) is 0 Å². The summed E-state index contributed by atoms with van der Waals surface area (Å²) < 4.78 is 28.3. The van der Waals surface area contributed by atoms with Crippen molar-refractivity contribution >= 4 is 38.2 Å². The maximum Gasteiger partial charge on any atom is 0.261 e. The molecule has 2 aromatic carbocycles. The molecule has 1 aromatic heterocycles. The topological polar surface area (TPSA) is 95.4 Å². The quantitative estimate of drug-likeness (QED) is 0.570. The second kappa shape index (κ2) is 7.37. The Balaban J connectivity index is 1.99. The van der Waals surface area contributed by atoms with Crippen molar-refractivity contribution in [3.05, 3.63) is 65.1 Å². The molecule has 0 atom stereocenters. The number of rotatable bonds is 5. The summed E-state index contributed by atoms with van der Waals surface area (Å²) in [5.74, 6) is -0.337. The minimum atomic E-state index is -3.93. The number of aromatic nitrogens is 1. The number of aryl methyl sites for hydroxylation is 1. The molecule has 7 nitrogen and oxygen atoms in total. The number of amides is 1. The van der Waals surface area contributed by atoms with Gasteiger partial charge in [-0.05, 0) is 45.0 Å². The van der Waals surface area contributed by atoms with Crippen LogP contribution in [0, 0.1) is 13.5 Å². The van der Waals surface area contributed by atoms with Crippen LogP contribution in [-0.4, -0.2) is 25.4 Å². The van der Waals surface area contributed by atoms with Gasteiger partial charge in [0, 0.05) is 23.2 Å². The average molecular weight is 396 g/mol. The zero-order valence-electron chi connectivity index (χ0n) is 15.7. The molecule has 3 rings (SSSR count). The lowest BCUT2D eigenvalue weighted by Crippen LogP contribution is -2.30. The van der Waals surface area contributed by atoms with Gasteiger partial charge in [-0.15, -0.1) is 0 Å². The maximum atomic E-state index is 12.9. The average Bonchev–Trinajstić information content (AvgIpc) is 3.09. The molecule has 0 radical (unpaired) electrons. The van der Waals surface area contributed by atoms with Crippen molar-refractivity contribution in [1.29, 1.82) is 0 Å². The predicted octanol–water partition coefficient (Wildman–Crippen LogP) is 3.97. The number of nitrogens with zero attached hydrogens (tertiary/aromatic N) is 1. The van der Waals surface area contributed by atoms with Gasteiger partial charge < -0.3 is 10.3 Å². The summed E-state index contributed by atoms with van der Waals surface area (Å²) in [6, 6.07) is 9.21. The number of H-pyrrole nitrogens is 1. The molecule has 3 N–H and O–H groups in total. The summed E-state index contributed by atoms with van der Waals surface area (Å²) in [4.78, 5) is 18.6. The molecule has 0 aliphatic carbocycles. The van der Waals surface area contributed by atoms with E-state index in [-0.39, 0.29) is 22.4 Å². The van der Waals surface area contributed by atoms with E-state index >= 15 is 0 Å². The van der Waals surface area contributed by atoms with Gasteiger partial charge in [-0.2, -0.15) is 0 Å². The number of anilines is 1. The third kappa shape index (κ3) is 3.70. The first-order valence-corrected chi connectivity index (χ1v) is 10.1. The van der Waals surface area contributed by atoms with E-state index in [2.05, 4.69) is 19.9 Å². The molecular weight excluding hydrogens is 376 g/mol. The molecule has 144 valence electrons. The van der Waals surface area contributed by atoms with Crippen LogP contribution < -0.4 is 10.0 Å². The molecule has 0 unspecified atom stereocenters. The largest absolute Gasteiger partial charge is 0.370 e. The Bertz CT molecular complexity index is 1200. The fraction of sp³-hybridized carbons (Fsp3) is 0.200. The van der Waals surface area contributed by atoms with E-state index < -0.39 is 10.0 Å². The molecule has 0 aliphatic rings. The molecule has 1 amide bonds. The smallest absolute Gasteiger partial charge is 0.261 e. The van der Waals surface area contributed by atoms with Crippen molar-refractivity contribution in [3.8, 4) is 0 Å². The Labute approximate surface area is 163 Å². The zero-order chi connectivity index (χ0) is 20.5. The van der Waals surface area contributed by atoms with E-state index in [0.717, 1.165) is 5.56 Å². The van der Waals surface area contributed by atoms with Gasteiger partial charge in [0.05, 0.1) is 22.7 Å². The highest BCUT2D eigenvalue weighted by Crippen LogP contribution is 2.34. The van der Waals surface area contributed by atoms with Crippen LogP contribution in [0.3, 0.4) is 0 Å². The highest BCUT2D eigenvalue weighted by Gasteiger charge is 2.19. The second-order valence-electron chi connectivity index (χ2n) is 6.73. The molecule has 0 saturated carbocycles. The fourth-order valence-electron chi connectivity index (χ4n) is 2.93. The lowest BCUT2D eigenvalue weighted by atomic mass is 10.1. The van der Waals surface area contributed by atoms with Crippen LogP contribution >= 0.6 is 0 Å². The Morgan fingerprint density at radius 3 is 2.64 bits per heavy atom. The third-order valence-corrected chi connectivity index (χ3v) is 5.58. The van der Waals surface area contributed by atoms with Crippen molar-refractivity contribution in [2.75, 3.05) is 4.72 Å². The minimum absolute atomic E-state index is 0.0189. The van der Waals surface area contributed by atoms with Gasteiger partial charge in [0.15, 0.2) is 0 Å². The lowest BCUT2D eigenvalue weighted by molar-refractivity contribution is 0.0943. The molecule has 0 fully saturated rings. The molecule has 3 aromatic rings. The summed E-state index contributed by atoms with van der Waals surface area (Å²) in [6.07, 6.45) is 1.55. The Kier molecular flexibility index (Phi) is 5.12. The van der Waals surface area contributed by atoms with Gasteiger partial charge >= 0.3 is 0 Å². The van der Waals surface area contributed by atoms with Crippen molar-refractivity contribution in [2.45, 2.75) is 31.7 Å². The number of fused-ring (bicyclic) bond motifs is 1. The number of benzene rings is 2. The van der Waals surface area contributed by atoms with Gasteiger partial charge in [0.25, 0.3) is 15.9 Å². The first-order valence-electron chi connectivity index (χ1n) is 8.65. The molecule has 0 aliphatic heterocycles. The van der Waals surface area contributed by atoms with E-state index in [1.807, 2.05) is 20.8 Å². The zero-order valence-corrected chi connectivity index (χ0v) is 16.5. The summed E-state index contributed by atoms with van der Waals surface area (Å²) in [6.45, 7) is 12.8. The van der Waals surface area contributed by atoms with Crippen LogP contribution in [0.4, 0.5) is 11.4 Å². The summed E-state index contributed by atoms with van der Waals surface area (Å²) in [5.41, 5.74) is 2.45. The SMILES string of the molecule is [C-]#[N+]c1c[nH]c2c(NS(=O)(=O)c3cccc(C(=O)NC(C)C)c3)ccc(C)c12.